The number of thiazole rings is 1. The molecule has 3 nitrogen and oxygen atoms in total. The van der Waals surface area contributed by atoms with E-state index in [4.69, 9.17) is 4.74 Å². The molecule has 1 heterocycles. The maximum Gasteiger partial charge on any atom is 0.122 e. The molecule has 2 aromatic rings. The Bertz CT molecular complexity index is 590. The van der Waals surface area contributed by atoms with E-state index in [2.05, 4.69) is 4.98 Å². The van der Waals surface area contributed by atoms with Gasteiger partial charge in [0.15, 0.2) is 0 Å². The summed E-state index contributed by atoms with van der Waals surface area (Å²) in [5.74, 6) is 1.54. The summed E-state index contributed by atoms with van der Waals surface area (Å²) >= 11 is 1.63. The lowest BCUT2D eigenvalue weighted by atomic mass is 10.2. The number of hydrogen-bond donors (Lipinski definition) is 1. The molecule has 3 rings (SSSR count). The lowest BCUT2D eigenvalue weighted by Gasteiger charge is -2.07. The number of aliphatic hydroxyl groups excluding tert-OH is 1. The Morgan fingerprint density at radius 3 is 2.85 bits per heavy atom. The zero-order chi connectivity index (χ0) is 13.9. The Balaban J connectivity index is 1.60. The first-order valence-electron chi connectivity index (χ1n) is 7.05. The van der Waals surface area contributed by atoms with Crippen molar-refractivity contribution < 1.29 is 9.84 Å². The number of rotatable bonds is 6. The third-order valence-electron chi connectivity index (χ3n) is 3.55. The van der Waals surface area contributed by atoms with Crippen molar-refractivity contribution in [2.45, 2.75) is 38.7 Å². The van der Waals surface area contributed by atoms with E-state index in [1.54, 1.807) is 11.3 Å². The molecule has 1 aromatic carbocycles. The summed E-state index contributed by atoms with van der Waals surface area (Å²) in [5.41, 5.74) is 2.28. The van der Waals surface area contributed by atoms with E-state index >= 15 is 0 Å². The lowest BCUT2D eigenvalue weighted by molar-refractivity contribution is 0.284. The summed E-state index contributed by atoms with van der Waals surface area (Å²) in [6.07, 6.45) is 3.24. The average molecular weight is 289 g/mol. The lowest BCUT2D eigenvalue weighted by Crippen LogP contribution is -2.02. The molecule has 0 aliphatic heterocycles. The minimum absolute atomic E-state index is 0.113. The Morgan fingerprint density at radius 1 is 1.35 bits per heavy atom. The Hall–Kier alpha value is -1.39. The van der Waals surface area contributed by atoms with Crippen LogP contribution >= 0.6 is 11.3 Å². The molecule has 0 saturated heterocycles. The fourth-order valence-corrected chi connectivity index (χ4v) is 3.27. The van der Waals surface area contributed by atoms with E-state index in [-0.39, 0.29) is 6.61 Å². The molecule has 1 N–H and O–H groups in total. The van der Waals surface area contributed by atoms with Gasteiger partial charge < -0.3 is 9.84 Å². The van der Waals surface area contributed by atoms with Crippen LogP contribution in [0.15, 0.2) is 24.3 Å². The first-order chi connectivity index (χ1) is 9.78. The van der Waals surface area contributed by atoms with E-state index in [0.717, 1.165) is 33.3 Å². The van der Waals surface area contributed by atoms with Crippen molar-refractivity contribution in [3.8, 4) is 5.75 Å². The molecule has 0 unspecified atom stereocenters. The molecule has 1 saturated carbocycles. The smallest absolute Gasteiger partial charge is 0.122 e. The SMILES string of the molecule is Cc1ccccc1OCCc1nc(C2CC2)c(CO)s1. The zero-order valence-electron chi connectivity index (χ0n) is 11.6. The number of benzene rings is 1. The standard InChI is InChI=1S/C16H19NO2S/c1-11-4-2-3-5-13(11)19-9-8-15-17-16(12-6-7-12)14(10-18)20-15/h2-5,12,18H,6-10H2,1H3. The summed E-state index contributed by atoms with van der Waals surface area (Å²) in [6, 6.07) is 8.04. The Morgan fingerprint density at radius 2 is 2.15 bits per heavy atom. The minimum Gasteiger partial charge on any atom is -0.493 e. The second kappa shape index (κ2) is 5.94. The monoisotopic (exact) mass is 289 g/mol. The van der Waals surface area contributed by atoms with Crippen LogP contribution in [0.1, 0.15) is 39.9 Å². The summed E-state index contributed by atoms with van der Waals surface area (Å²) in [6.45, 7) is 2.79. The molecule has 1 aromatic heterocycles. The van der Waals surface area contributed by atoms with Crippen LogP contribution < -0.4 is 4.74 Å². The number of aromatic nitrogens is 1. The topological polar surface area (TPSA) is 42.4 Å². The Labute approximate surface area is 123 Å². The van der Waals surface area contributed by atoms with Gasteiger partial charge in [-0.15, -0.1) is 11.3 Å². The van der Waals surface area contributed by atoms with Gasteiger partial charge in [0.1, 0.15) is 5.75 Å². The van der Waals surface area contributed by atoms with Crippen LogP contribution in [0, 0.1) is 6.92 Å². The second-order valence-electron chi connectivity index (χ2n) is 5.21. The number of aliphatic hydroxyl groups is 1. The number of ether oxygens (including phenoxy) is 1. The molecule has 4 heteroatoms. The molecule has 0 amide bonds. The molecule has 0 spiro atoms. The van der Waals surface area contributed by atoms with Crippen LogP contribution in [-0.2, 0) is 13.0 Å². The van der Waals surface area contributed by atoms with E-state index < -0.39 is 0 Å². The quantitative estimate of drug-likeness (QED) is 0.885. The first-order valence-corrected chi connectivity index (χ1v) is 7.87. The van der Waals surface area contributed by atoms with Gasteiger partial charge in [0.25, 0.3) is 0 Å². The van der Waals surface area contributed by atoms with Gasteiger partial charge in [-0.05, 0) is 31.4 Å². The van der Waals surface area contributed by atoms with Gasteiger partial charge in [-0.25, -0.2) is 4.98 Å². The van der Waals surface area contributed by atoms with Crippen LogP contribution in [0.4, 0.5) is 0 Å². The zero-order valence-corrected chi connectivity index (χ0v) is 12.4. The van der Waals surface area contributed by atoms with E-state index in [1.165, 1.54) is 12.8 Å². The highest BCUT2D eigenvalue weighted by atomic mass is 32.1. The molecular formula is C16H19NO2S. The predicted molar refractivity (Wildman–Crippen MR) is 80.4 cm³/mol. The van der Waals surface area contributed by atoms with E-state index in [1.807, 2.05) is 31.2 Å². The molecule has 20 heavy (non-hydrogen) atoms. The average Bonchev–Trinajstić information content (AvgIpc) is 3.22. The van der Waals surface area contributed by atoms with Crippen LogP contribution in [0.2, 0.25) is 0 Å². The molecule has 1 fully saturated rings. The Kier molecular flexibility index (Phi) is 4.03. The number of para-hydroxylation sites is 1. The molecular weight excluding hydrogens is 270 g/mol. The molecule has 0 radical (unpaired) electrons. The normalized spacial score (nSPS) is 14.5. The van der Waals surface area contributed by atoms with Crippen molar-refractivity contribution in [2.75, 3.05) is 6.61 Å². The van der Waals surface area contributed by atoms with Gasteiger partial charge >= 0.3 is 0 Å². The van der Waals surface area contributed by atoms with Crippen LogP contribution in [0.25, 0.3) is 0 Å². The van der Waals surface area contributed by atoms with Crippen molar-refractivity contribution >= 4 is 11.3 Å². The first kappa shape index (κ1) is 13.6. The van der Waals surface area contributed by atoms with Crippen LogP contribution in [0.3, 0.4) is 0 Å². The minimum atomic E-state index is 0.113. The number of hydrogen-bond acceptors (Lipinski definition) is 4. The molecule has 106 valence electrons. The van der Waals surface area contributed by atoms with Gasteiger partial charge in [0, 0.05) is 12.3 Å². The van der Waals surface area contributed by atoms with Crippen LogP contribution in [-0.4, -0.2) is 16.7 Å². The van der Waals surface area contributed by atoms with Gasteiger partial charge in [-0.3, -0.25) is 0 Å². The van der Waals surface area contributed by atoms with Crippen molar-refractivity contribution in [1.82, 2.24) is 4.98 Å². The highest BCUT2D eigenvalue weighted by molar-refractivity contribution is 7.11. The third-order valence-corrected chi connectivity index (χ3v) is 4.66. The van der Waals surface area contributed by atoms with Crippen molar-refractivity contribution in [2.24, 2.45) is 0 Å². The van der Waals surface area contributed by atoms with E-state index in [0.29, 0.717) is 12.5 Å². The van der Waals surface area contributed by atoms with Gasteiger partial charge in [0.2, 0.25) is 0 Å². The highest BCUT2D eigenvalue weighted by Crippen LogP contribution is 2.42. The van der Waals surface area contributed by atoms with Gasteiger partial charge in [-0.1, -0.05) is 18.2 Å². The maximum absolute atomic E-state index is 9.39. The summed E-state index contributed by atoms with van der Waals surface area (Å²) in [7, 11) is 0. The second-order valence-corrected chi connectivity index (χ2v) is 6.38. The largest absolute Gasteiger partial charge is 0.493 e. The fourth-order valence-electron chi connectivity index (χ4n) is 2.28. The van der Waals surface area contributed by atoms with E-state index in [9.17, 15) is 5.11 Å². The maximum atomic E-state index is 9.39. The van der Waals surface area contributed by atoms with Crippen molar-refractivity contribution in [1.29, 1.82) is 0 Å². The van der Waals surface area contributed by atoms with Gasteiger partial charge in [-0.2, -0.15) is 0 Å². The highest BCUT2D eigenvalue weighted by Gasteiger charge is 2.29. The van der Waals surface area contributed by atoms with Crippen LogP contribution in [0.5, 0.6) is 5.75 Å². The summed E-state index contributed by atoms with van der Waals surface area (Å²) in [4.78, 5) is 5.72. The molecule has 0 bridgehead atoms. The molecule has 0 atom stereocenters. The number of aryl methyl sites for hydroxylation is 1. The molecule has 1 aliphatic carbocycles. The fraction of sp³-hybridized carbons (Fsp3) is 0.438. The number of nitrogens with zero attached hydrogens (tertiary/aromatic N) is 1. The summed E-state index contributed by atoms with van der Waals surface area (Å²) in [5, 5.41) is 10.5. The predicted octanol–water partition coefficient (Wildman–Crippen LogP) is 3.44. The third kappa shape index (κ3) is 3.02. The van der Waals surface area contributed by atoms with Gasteiger partial charge in [0.05, 0.1) is 28.8 Å². The van der Waals surface area contributed by atoms with Crippen molar-refractivity contribution in [3.05, 3.63) is 45.4 Å². The van der Waals surface area contributed by atoms with Crippen molar-refractivity contribution in [3.63, 3.8) is 0 Å². The molecule has 1 aliphatic rings. The summed E-state index contributed by atoms with van der Waals surface area (Å²) < 4.78 is 5.80.